The molecule has 0 bridgehead atoms. The van der Waals surface area contributed by atoms with E-state index in [2.05, 4.69) is 68.3 Å². The fourth-order valence-electron chi connectivity index (χ4n) is 2.52. The minimum Gasteiger partial charge on any atom is -0.0924 e. The Morgan fingerprint density at radius 3 is 2.65 bits per heavy atom. The van der Waals surface area contributed by atoms with E-state index in [4.69, 9.17) is 0 Å². The van der Waals surface area contributed by atoms with Crippen LogP contribution in [0.25, 0.3) is 11.1 Å². The zero-order chi connectivity index (χ0) is 11.8. The number of aryl methyl sites for hydroxylation is 1. The first kappa shape index (κ1) is 11.5. The van der Waals surface area contributed by atoms with Gasteiger partial charge in [-0.3, -0.25) is 0 Å². The van der Waals surface area contributed by atoms with Crippen LogP contribution in [0.5, 0.6) is 0 Å². The SMILES string of the molecule is BrCCc1ccc2c(c1Br)Cc1ccccc1-2. The minimum atomic E-state index is 1.01. The second-order valence-corrected chi connectivity index (χ2v) is 5.92. The van der Waals surface area contributed by atoms with E-state index >= 15 is 0 Å². The van der Waals surface area contributed by atoms with Gasteiger partial charge in [-0.15, -0.1) is 0 Å². The smallest absolute Gasteiger partial charge is 0.0249 e. The molecule has 0 radical (unpaired) electrons. The van der Waals surface area contributed by atoms with Crippen molar-refractivity contribution in [3.05, 3.63) is 57.6 Å². The van der Waals surface area contributed by atoms with Crippen LogP contribution < -0.4 is 0 Å². The number of benzene rings is 2. The summed E-state index contributed by atoms with van der Waals surface area (Å²) in [6.45, 7) is 0. The Hall–Kier alpha value is -0.600. The second kappa shape index (κ2) is 4.58. The average molecular weight is 352 g/mol. The summed E-state index contributed by atoms with van der Waals surface area (Å²) in [5.41, 5.74) is 7.08. The van der Waals surface area contributed by atoms with Crippen molar-refractivity contribution >= 4 is 31.9 Å². The lowest BCUT2D eigenvalue weighted by Gasteiger charge is -2.08. The Labute approximate surface area is 118 Å². The second-order valence-electron chi connectivity index (χ2n) is 4.34. The van der Waals surface area contributed by atoms with Crippen LogP contribution in [-0.4, -0.2) is 5.33 Å². The van der Waals surface area contributed by atoms with E-state index in [1.54, 1.807) is 0 Å². The molecular formula is C15H12Br2. The minimum absolute atomic E-state index is 1.01. The van der Waals surface area contributed by atoms with E-state index in [9.17, 15) is 0 Å². The summed E-state index contributed by atoms with van der Waals surface area (Å²) < 4.78 is 1.30. The molecule has 0 spiro atoms. The third kappa shape index (κ3) is 1.88. The molecule has 1 aliphatic rings. The lowest BCUT2D eigenvalue weighted by molar-refractivity contribution is 1.13. The predicted octanol–water partition coefficient (Wildman–Crippen LogP) is 4.96. The number of hydrogen-bond acceptors (Lipinski definition) is 0. The van der Waals surface area contributed by atoms with Crippen molar-refractivity contribution in [1.29, 1.82) is 0 Å². The predicted molar refractivity (Wildman–Crippen MR) is 79.9 cm³/mol. The molecule has 86 valence electrons. The van der Waals surface area contributed by atoms with E-state index in [-0.39, 0.29) is 0 Å². The largest absolute Gasteiger partial charge is 0.0924 e. The molecule has 2 aromatic carbocycles. The van der Waals surface area contributed by atoms with Gasteiger partial charge in [0.1, 0.15) is 0 Å². The Morgan fingerprint density at radius 1 is 1.00 bits per heavy atom. The molecule has 0 heterocycles. The van der Waals surface area contributed by atoms with Crippen LogP contribution in [0.4, 0.5) is 0 Å². The van der Waals surface area contributed by atoms with Crippen molar-refractivity contribution in [3.63, 3.8) is 0 Å². The molecule has 2 aromatic rings. The van der Waals surface area contributed by atoms with Crippen molar-refractivity contribution in [2.75, 3.05) is 5.33 Å². The maximum absolute atomic E-state index is 3.77. The van der Waals surface area contributed by atoms with Gasteiger partial charge in [-0.1, -0.05) is 68.3 Å². The molecule has 0 atom stereocenters. The van der Waals surface area contributed by atoms with Gasteiger partial charge in [0.05, 0.1) is 0 Å². The fourth-order valence-corrected chi connectivity index (χ4v) is 3.63. The third-order valence-corrected chi connectivity index (χ3v) is 4.75. The number of halogens is 2. The summed E-state index contributed by atoms with van der Waals surface area (Å²) in [6.07, 6.45) is 2.13. The average Bonchev–Trinajstić information content (AvgIpc) is 2.73. The number of alkyl halides is 1. The number of fused-ring (bicyclic) bond motifs is 3. The number of hydrogen-bond donors (Lipinski definition) is 0. The zero-order valence-electron chi connectivity index (χ0n) is 9.34. The van der Waals surface area contributed by atoms with E-state index in [1.165, 1.54) is 32.3 Å². The van der Waals surface area contributed by atoms with Crippen LogP contribution in [0.1, 0.15) is 16.7 Å². The van der Waals surface area contributed by atoms with Gasteiger partial charge in [0.15, 0.2) is 0 Å². The lowest BCUT2D eigenvalue weighted by Crippen LogP contribution is -1.92. The maximum atomic E-state index is 3.77. The van der Waals surface area contributed by atoms with Crippen LogP contribution in [0.3, 0.4) is 0 Å². The molecule has 1 aliphatic carbocycles. The van der Waals surface area contributed by atoms with E-state index in [0.29, 0.717) is 0 Å². The molecule has 17 heavy (non-hydrogen) atoms. The van der Waals surface area contributed by atoms with Crippen molar-refractivity contribution in [3.8, 4) is 11.1 Å². The lowest BCUT2D eigenvalue weighted by atomic mass is 10.0. The summed E-state index contributed by atoms with van der Waals surface area (Å²) in [4.78, 5) is 0. The van der Waals surface area contributed by atoms with Gasteiger partial charge in [0.2, 0.25) is 0 Å². The van der Waals surface area contributed by atoms with E-state index in [1.807, 2.05) is 0 Å². The Balaban J connectivity index is 2.15. The molecule has 0 nitrogen and oxygen atoms in total. The van der Waals surface area contributed by atoms with Crippen LogP contribution in [-0.2, 0) is 12.8 Å². The first-order valence-corrected chi connectivity index (χ1v) is 7.67. The zero-order valence-corrected chi connectivity index (χ0v) is 12.5. The Kier molecular flexibility index (Phi) is 3.10. The Bertz CT molecular complexity index is 573. The summed E-state index contributed by atoms with van der Waals surface area (Å²) in [7, 11) is 0. The molecule has 0 aliphatic heterocycles. The number of rotatable bonds is 2. The highest BCUT2D eigenvalue weighted by Gasteiger charge is 2.21. The van der Waals surface area contributed by atoms with Gasteiger partial charge in [-0.05, 0) is 40.7 Å². The van der Waals surface area contributed by atoms with Crippen LogP contribution in [0.15, 0.2) is 40.9 Å². The summed E-state index contributed by atoms with van der Waals surface area (Å²) in [5, 5.41) is 1.01. The van der Waals surface area contributed by atoms with Crippen molar-refractivity contribution in [1.82, 2.24) is 0 Å². The third-order valence-electron chi connectivity index (χ3n) is 3.36. The van der Waals surface area contributed by atoms with Gasteiger partial charge >= 0.3 is 0 Å². The van der Waals surface area contributed by atoms with Gasteiger partial charge in [-0.2, -0.15) is 0 Å². The van der Waals surface area contributed by atoms with Crippen molar-refractivity contribution in [2.24, 2.45) is 0 Å². The molecule has 0 amide bonds. The normalized spacial score (nSPS) is 12.4. The first-order chi connectivity index (χ1) is 8.31. The molecule has 0 saturated heterocycles. The highest BCUT2D eigenvalue weighted by Crippen LogP contribution is 2.41. The monoisotopic (exact) mass is 350 g/mol. The highest BCUT2D eigenvalue weighted by molar-refractivity contribution is 9.10. The van der Waals surface area contributed by atoms with Gasteiger partial charge in [0, 0.05) is 9.80 Å². The van der Waals surface area contributed by atoms with Crippen molar-refractivity contribution in [2.45, 2.75) is 12.8 Å². The molecule has 0 saturated carbocycles. The van der Waals surface area contributed by atoms with Crippen LogP contribution >= 0.6 is 31.9 Å². The fraction of sp³-hybridized carbons (Fsp3) is 0.200. The topological polar surface area (TPSA) is 0 Å². The summed E-state index contributed by atoms with van der Waals surface area (Å²) in [6, 6.07) is 13.2. The molecule has 0 unspecified atom stereocenters. The molecular weight excluding hydrogens is 340 g/mol. The summed E-state index contributed by atoms with van der Waals surface area (Å²) >= 11 is 7.28. The quantitative estimate of drug-likeness (QED) is 0.572. The Morgan fingerprint density at radius 2 is 1.82 bits per heavy atom. The van der Waals surface area contributed by atoms with Crippen LogP contribution in [0.2, 0.25) is 0 Å². The molecule has 0 aromatic heterocycles. The first-order valence-electron chi connectivity index (χ1n) is 5.75. The van der Waals surface area contributed by atoms with Gasteiger partial charge in [-0.25, -0.2) is 0 Å². The standard InChI is InChI=1S/C15H12Br2/c16-8-7-10-5-6-13-12-4-2-1-3-11(12)9-14(13)15(10)17/h1-6H,7-9H2. The highest BCUT2D eigenvalue weighted by atomic mass is 79.9. The molecule has 0 N–H and O–H groups in total. The molecule has 0 fully saturated rings. The molecule has 2 heteroatoms. The van der Waals surface area contributed by atoms with Crippen LogP contribution in [0, 0.1) is 0 Å². The van der Waals surface area contributed by atoms with E-state index < -0.39 is 0 Å². The van der Waals surface area contributed by atoms with E-state index in [0.717, 1.165) is 18.2 Å². The molecule has 3 rings (SSSR count). The van der Waals surface area contributed by atoms with Gasteiger partial charge in [0.25, 0.3) is 0 Å². The van der Waals surface area contributed by atoms with Crippen molar-refractivity contribution < 1.29 is 0 Å². The summed E-state index contributed by atoms with van der Waals surface area (Å²) in [5.74, 6) is 0. The maximum Gasteiger partial charge on any atom is 0.0249 e. The van der Waals surface area contributed by atoms with Gasteiger partial charge < -0.3 is 0 Å².